The molecule has 2 aromatic carbocycles. The molecule has 0 aliphatic rings. The number of para-hydroxylation sites is 1. The summed E-state index contributed by atoms with van der Waals surface area (Å²) in [5.74, 6) is 1.37. The van der Waals surface area contributed by atoms with Crippen molar-refractivity contribution < 1.29 is 9.53 Å². The maximum absolute atomic E-state index is 12.0. The smallest absolute Gasteiger partial charge is 0.250 e. The molecule has 3 aromatic rings. The number of nitrogens with one attached hydrogen (secondary N) is 1. The number of aromatic nitrogens is 3. The van der Waals surface area contributed by atoms with Gasteiger partial charge in [-0.1, -0.05) is 52.0 Å². The van der Waals surface area contributed by atoms with E-state index < -0.39 is 0 Å². The van der Waals surface area contributed by atoms with Gasteiger partial charge in [-0.3, -0.25) is 4.79 Å². The highest BCUT2D eigenvalue weighted by Gasteiger charge is 2.12. The van der Waals surface area contributed by atoms with Crippen LogP contribution in [0.2, 0.25) is 0 Å². The number of hydrogen-bond acceptors (Lipinski definition) is 6. The van der Waals surface area contributed by atoms with Crippen LogP contribution >= 0.6 is 27.7 Å². The number of amides is 1. The second-order valence-electron chi connectivity index (χ2n) is 5.70. The summed E-state index contributed by atoms with van der Waals surface area (Å²) in [4.78, 5) is 12.0. The zero-order valence-corrected chi connectivity index (χ0v) is 17.7. The lowest BCUT2D eigenvalue weighted by atomic mass is 10.2. The number of carbonyl (C=O) groups is 1. The quantitative estimate of drug-likeness (QED) is 0.332. The molecule has 7 nitrogen and oxygen atoms in total. The minimum absolute atomic E-state index is 0.176. The summed E-state index contributed by atoms with van der Waals surface area (Å²) in [5.41, 5.74) is 4.25. The predicted molar refractivity (Wildman–Crippen MR) is 114 cm³/mol. The normalized spacial score (nSPS) is 11.0. The molecule has 0 atom stereocenters. The van der Waals surface area contributed by atoms with Crippen molar-refractivity contribution >= 4 is 39.8 Å². The van der Waals surface area contributed by atoms with Crippen LogP contribution in [0.3, 0.4) is 0 Å². The second kappa shape index (κ2) is 9.52. The Morgan fingerprint density at radius 1 is 1.25 bits per heavy atom. The van der Waals surface area contributed by atoms with E-state index in [1.165, 1.54) is 11.8 Å². The van der Waals surface area contributed by atoms with E-state index in [1.807, 2.05) is 60.1 Å². The lowest BCUT2D eigenvalue weighted by Gasteiger charge is -2.04. The van der Waals surface area contributed by atoms with Gasteiger partial charge in [-0.15, -0.1) is 10.2 Å². The summed E-state index contributed by atoms with van der Waals surface area (Å²) in [6.45, 7) is 0. The summed E-state index contributed by atoms with van der Waals surface area (Å²) >= 11 is 4.71. The predicted octanol–water partition coefficient (Wildman–Crippen LogP) is 3.50. The van der Waals surface area contributed by atoms with Crippen LogP contribution in [0.1, 0.15) is 5.56 Å². The van der Waals surface area contributed by atoms with Crippen LogP contribution < -0.4 is 10.2 Å². The standard InChI is InChI=1S/C19H18BrN5O2S/c1-25-18(13-7-9-15(20)10-8-13)23-24-19(25)28-12-17(26)22-21-11-14-5-3-4-6-16(14)27-2/h3-11H,12H2,1-2H3,(H,22,26)/b21-11+. The van der Waals surface area contributed by atoms with Crippen LogP contribution in [0.5, 0.6) is 5.75 Å². The molecule has 0 saturated carbocycles. The molecule has 0 radical (unpaired) electrons. The van der Waals surface area contributed by atoms with Crippen molar-refractivity contribution in [2.45, 2.75) is 5.16 Å². The molecule has 1 amide bonds. The van der Waals surface area contributed by atoms with Gasteiger partial charge in [0.1, 0.15) is 5.75 Å². The summed E-state index contributed by atoms with van der Waals surface area (Å²) in [5, 5.41) is 13.0. The van der Waals surface area contributed by atoms with E-state index in [-0.39, 0.29) is 11.7 Å². The van der Waals surface area contributed by atoms with E-state index in [4.69, 9.17) is 4.74 Å². The van der Waals surface area contributed by atoms with Crippen LogP contribution in [-0.4, -0.2) is 39.7 Å². The molecule has 28 heavy (non-hydrogen) atoms. The summed E-state index contributed by atoms with van der Waals surface area (Å²) in [6.07, 6.45) is 1.55. The van der Waals surface area contributed by atoms with Crippen LogP contribution in [0.15, 0.2) is 63.3 Å². The number of ether oxygens (including phenoxy) is 1. The number of nitrogens with zero attached hydrogens (tertiary/aromatic N) is 4. The van der Waals surface area contributed by atoms with Crippen LogP contribution in [-0.2, 0) is 11.8 Å². The Balaban J connectivity index is 1.56. The molecule has 144 valence electrons. The third-order valence-electron chi connectivity index (χ3n) is 3.80. The van der Waals surface area contributed by atoms with Gasteiger partial charge in [0.15, 0.2) is 11.0 Å². The van der Waals surface area contributed by atoms with Gasteiger partial charge >= 0.3 is 0 Å². The molecular formula is C19H18BrN5O2S. The zero-order chi connectivity index (χ0) is 19.9. The number of rotatable bonds is 7. The molecule has 9 heteroatoms. The first-order valence-electron chi connectivity index (χ1n) is 8.31. The number of thioether (sulfide) groups is 1. The molecule has 1 N–H and O–H groups in total. The number of carbonyl (C=O) groups excluding carboxylic acids is 1. The maximum atomic E-state index is 12.0. The number of hydrazone groups is 1. The molecule has 0 spiro atoms. The van der Waals surface area contributed by atoms with E-state index in [0.29, 0.717) is 10.9 Å². The van der Waals surface area contributed by atoms with Crippen molar-refractivity contribution in [3.63, 3.8) is 0 Å². The zero-order valence-electron chi connectivity index (χ0n) is 15.3. The Bertz CT molecular complexity index is 988. The molecule has 0 unspecified atom stereocenters. The summed E-state index contributed by atoms with van der Waals surface area (Å²) in [7, 11) is 3.46. The third-order valence-corrected chi connectivity index (χ3v) is 5.35. The number of halogens is 1. The first-order valence-corrected chi connectivity index (χ1v) is 10.1. The topological polar surface area (TPSA) is 81.4 Å². The van der Waals surface area contributed by atoms with E-state index in [1.54, 1.807) is 13.3 Å². The highest BCUT2D eigenvalue weighted by Crippen LogP contribution is 2.23. The Labute approximate surface area is 175 Å². The largest absolute Gasteiger partial charge is 0.496 e. The maximum Gasteiger partial charge on any atom is 0.250 e. The van der Waals surface area contributed by atoms with Gasteiger partial charge in [0.2, 0.25) is 0 Å². The highest BCUT2D eigenvalue weighted by molar-refractivity contribution is 9.10. The van der Waals surface area contributed by atoms with Gasteiger partial charge in [-0.25, -0.2) is 5.43 Å². The van der Waals surface area contributed by atoms with Crippen LogP contribution in [0.25, 0.3) is 11.4 Å². The molecule has 1 aromatic heterocycles. The van der Waals surface area contributed by atoms with E-state index >= 15 is 0 Å². The summed E-state index contributed by atoms with van der Waals surface area (Å²) < 4.78 is 8.10. The second-order valence-corrected chi connectivity index (χ2v) is 7.55. The monoisotopic (exact) mass is 459 g/mol. The highest BCUT2D eigenvalue weighted by atomic mass is 79.9. The first kappa shape index (κ1) is 20.1. The van der Waals surface area contributed by atoms with E-state index in [0.717, 1.165) is 21.4 Å². The average Bonchev–Trinajstić information content (AvgIpc) is 3.08. The van der Waals surface area contributed by atoms with Crippen molar-refractivity contribution in [2.75, 3.05) is 12.9 Å². The van der Waals surface area contributed by atoms with Gasteiger partial charge < -0.3 is 9.30 Å². The number of methoxy groups -OCH3 is 1. The molecule has 1 heterocycles. The van der Waals surface area contributed by atoms with Crippen molar-refractivity contribution in [3.05, 3.63) is 58.6 Å². The SMILES string of the molecule is COc1ccccc1/C=N/NC(=O)CSc1nnc(-c2ccc(Br)cc2)n1C. The molecule has 3 rings (SSSR count). The number of hydrogen-bond donors (Lipinski definition) is 1. The Hall–Kier alpha value is -2.65. The van der Waals surface area contributed by atoms with E-state index in [2.05, 4.69) is 36.7 Å². The first-order chi connectivity index (χ1) is 13.6. The summed E-state index contributed by atoms with van der Waals surface area (Å²) in [6, 6.07) is 15.2. The van der Waals surface area contributed by atoms with Crippen molar-refractivity contribution in [2.24, 2.45) is 12.1 Å². The fraction of sp³-hybridized carbons (Fsp3) is 0.158. The van der Waals surface area contributed by atoms with Gasteiger partial charge in [0, 0.05) is 22.6 Å². The van der Waals surface area contributed by atoms with Crippen LogP contribution in [0, 0.1) is 0 Å². The van der Waals surface area contributed by atoms with Crippen molar-refractivity contribution in [1.29, 1.82) is 0 Å². The van der Waals surface area contributed by atoms with Crippen LogP contribution in [0.4, 0.5) is 0 Å². The van der Waals surface area contributed by atoms with Crippen molar-refractivity contribution in [1.82, 2.24) is 20.2 Å². The Morgan fingerprint density at radius 2 is 2.00 bits per heavy atom. The average molecular weight is 460 g/mol. The third kappa shape index (κ3) is 4.99. The minimum Gasteiger partial charge on any atom is -0.496 e. The van der Waals surface area contributed by atoms with E-state index in [9.17, 15) is 4.79 Å². The van der Waals surface area contributed by atoms with Crippen molar-refractivity contribution in [3.8, 4) is 17.1 Å². The Kier molecular flexibility index (Phi) is 6.83. The minimum atomic E-state index is -0.232. The lowest BCUT2D eigenvalue weighted by Crippen LogP contribution is -2.20. The fourth-order valence-electron chi connectivity index (χ4n) is 2.40. The molecule has 0 aliphatic heterocycles. The molecule has 0 saturated heterocycles. The lowest BCUT2D eigenvalue weighted by molar-refractivity contribution is -0.118. The van der Waals surface area contributed by atoms with Gasteiger partial charge in [0.05, 0.1) is 19.1 Å². The van der Waals surface area contributed by atoms with Gasteiger partial charge in [-0.2, -0.15) is 5.10 Å². The van der Waals surface area contributed by atoms with Gasteiger partial charge in [-0.05, 0) is 24.3 Å². The molecule has 0 fully saturated rings. The Morgan fingerprint density at radius 3 is 2.75 bits per heavy atom. The molecule has 0 aliphatic carbocycles. The number of benzene rings is 2. The van der Waals surface area contributed by atoms with Gasteiger partial charge in [0.25, 0.3) is 5.91 Å². The fourth-order valence-corrected chi connectivity index (χ4v) is 3.37. The molecular weight excluding hydrogens is 442 g/mol. The molecule has 0 bridgehead atoms.